The lowest BCUT2D eigenvalue weighted by molar-refractivity contribution is 2.47. The molecule has 0 heterocycles. The zero-order chi connectivity index (χ0) is 3.58. The maximum Gasteiger partial charge on any atom is 0.114 e. The van der Waals surface area contributed by atoms with Crippen LogP contribution < -0.4 is 0 Å². The Morgan fingerprint density at radius 3 is 1.00 bits per heavy atom. The van der Waals surface area contributed by atoms with E-state index in [9.17, 15) is 0 Å². The van der Waals surface area contributed by atoms with Gasteiger partial charge >= 0.3 is 0 Å². The summed E-state index contributed by atoms with van der Waals surface area (Å²) in [4.78, 5) is 0. The predicted molar refractivity (Wildman–Crippen MR) is 61.3 cm³/mol. The molecule has 0 rings (SSSR count). The maximum atomic E-state index is 2.32. The molecule has 0 fully saturated rings. The second-order valence-electron chi connectivity index (χ2n) is 0.247. The SMILES string of the molecule is I.IC(I)I. The third-order valence-corrected chi connectivity index (χ3v) is 0. The van der Waals surface area contributed by atoms with Gasteiger partial charge in [-0.3, -0.25) is 0 Å². The van der Waals surface area contributed by atoms with Crippen LogP contribution >= 0.6 is 91.7 Å². The lowest BCUT2D eigenvalue weighted by Gasteiger charge is -1.71. The molecule has 4 heteroatoms. The summed E-state index contributed by atoms with van der Waals surface area (Å²) in [5.41, 5.74) is 0. The van der Waals surface area contributed by atoms with E-state index in [1.807, 2.05) is 0 Å². The molecule has 0 aliphatic rings. The Hall–Kier alpha value is 2.92. The van der Waals surface area contributed by atoms with Gasteiger partial charge in [0.25, 0.3) is 0 Å². The van der Waals surface area contributed by atoms with Crippen molar-refractivity contribution in [1.29, 1.82) is 0 Å². The summed E-state index contributed by atoms with van der Waals surface area (Å²) < 4.78 is 0.743. The van der Waals surface area contributed by atoms with Crippen molar-refractivity contribution in [1.82, 2.24) is 0 Å². The Labute approximate surface area is 89.7 Å². The van der Waals surface area contributed by atoms with E-state index < -0.39 is 0 Å². The summed E-state index contributed by atoms with van der Waals surface area (Å²) in [5, 5.41) is 0. The molecule has 0 aromatic heterocycles. The van der Waals surface area contributed by atoms with Crippen molar-refractivity contribution < 1.29 is 0 Å². The van der Waals surface area contributed by atoms with E-state index in [0.717, 1.165) is -0.0619 Å². The van der Waals surface area contributed by atoms with E-state index in [-0.39, 0.29) is 24.0 Å². The number of alkyl halides is 3. The largest absolute Gasteiger partial charge is 0.114 e. The molecule has 0 bridgehead atoms. The molecule has 0 spiro atoms. The van der Waals surface area contributed by atoms with Crippen LogP contribution in [0.4, 0.5) is 0 Å². The minimum Gasteiger partial charge on any atom is -0.107 e. The van der Waals surface area contributed by atoms with Gasteiger partial charge in [0.15, 0.2) is 0 Å². The fourth-order valence-corrected chi connectivity index (χ4v) is 0. The zero-order valence-electron chi connectivity index (χ0n) is 2.12. The molecule has 0 radical (unpaired) electrons. The molecule has 0 unspecified atom stereocenters. The summed E-state index contributed by atoms with van der Waals surface area (Å²) in [7, 11) is 0. The normalized spacial score (nSPS) is 7.20. The first kappa shape index (κ1) is 10.8. The number of halogens is 4. The highest BCUT2D eigenvalue weighted by Gasteiger charge is 1.76. The van der Waals surface area contributed by atoms with E-state index in [2.05, 4.69) is 67.8 Å². The van der Waals surface area contributed by atoms with Gasteiger partial charge in [-0.25, -0.2) is 0 Å². The van der Waals surface area contributed by atoms with Gasteiger partial charge in [0.05, 0.1) is 0 Å². The van der Waals surface area contributed by atoms with Crippen LogP contribution in [0, 0.1) is 0 Å². The quantitative estimate of drug-likeness (QED) is 0.339. The summed E-state index contributed by atoms with van der Waals surface area (Å²) >= 11 is 6.95. The number of hydrogen-bond acceptors (Lipinski definition) is 0. The van der Waals surface area contributed by atoms with Crippen LogP contribution in [-0.4, -0.2) is -0.0619 Å². The van der Waals surface area contributed by atoms with Gasteiger partial charge in [-0.2, -0.15) is 0 Å². The van der Waals surface area contributed by atoms with Crippen molar-refractivity contribution >= 4 is 91.7 Å². The monoisotopic (exact) mass is 522 g/mol. The maximum absolute atomic E-state index is 2.32. The van der Waals surface area contributed by atoms with Crippen LogP contribution in [0.3, 0.4) is 0 Å². The average molecular weight is 522 g/mol. The Balaban J connectivity index is 0. The van der Waals surface area contributed by atoms with Crippen LogP contribution in [0.25, 0.3) is 0 Å². The van der Waals surface area contributed by atoms with Gasteiger partial charge in [0, 0.05) is 0 Å². The summed E-state index contributed by atoms with van der Waals surface area (Å²) in [5.74, 6) is 0. The van der Waals surface area contributed by atoms with Crippen LogP contribution in [0.15, 0.2) is 0 Å². The molecule has 5 heavy (non-hydrogen) atoms. The minimum absolute atomic E-state index is 0. The lowest BCUT2D eigenvalue weighted by atomic mass is 12.0. The Morgan fingerprint density at radius 1 is 1.00 bits per heavy atom. The molecule has 0 nitrogen and oxygen atoms in total. The molecule has 0 saturated heterocycles. The van der Waals surface area contributed by atoms with Gasteiger partial charge in [-0.05, 0) is 0 Å². The summed E-state index contributed by atoms with van der Waals surface area (Å²) in [6.07, 6.45) is 0. The molecule has 0 aromatic carbocycles. The first-order valence-corrected chi connectivity index (χ1v) is 4.39. The predicted octanol–water partition coefficient (Wildman–Crippen LogP) is 3.19. The Kier molecular flexibility index (Phi) is 15.0. The molecule has 0 atom stereocenters. The van der Waals surface area contributed by atoms with Crippen molar-refractivity contribution in [3.8, 4) is 0 Å². The van der Waals surface area contributed by atoms with Crippen molar-refractivity contribution in [3.63, 3.8) is 0 Å². The molecule has 0 aromatic rings. The van der Waals surface area contributed by atoms with Gasteiger partial charge in [0.2, 0.25) is 0 Å². The van der Waals surface area contributed by atoms with Crippen molar-refractivity contribution in [2.24, 2.45) is 0 Å². The van der Waals surface area contributed by atoms with E-state index in [0.29, 0.717) is 0 Å². The first-order chi connectivity index (χ1) is 1.73. The van der Waals surface area contributed by atoms with Gasteiger partial charge < -0.3 is 0 Å². The Morgan fingerprint density at radius 2 is 1.00 bits per heavy atom. The molecule has 0 N–H and O–H groups in total. The van der Waals surface area contributed by atoms with Crippen LogP contribution in [0.2, 0.25) is 0 Å². The van der Waals surface area contributed by atoms with E-state index >= 15 is 0 Å². The summed E-state index contributed by atoms with van der Waals surface area (Å²) in [6, 6.07) is 0. The average Bonchev–Trinajstić information content (AvgIpc) is 0.811. The second-order valence-corrected chi connectivity index (χ2v) is 11.1. The third kappa shape index (κ3) is 19.6. The van der Waals surface area contributed by atoms with E-state index in [4.69, 9.17) is 0 Å². The summed E-state index contributed by atoms with van der Waals surface area (Å²) in [6.45, 7) is 0. The molecule has 34 valence electrons. The topological polar surface area (TPSA) is 0 Å². The lowest BCUT2D eigenvalue weighted by Crippen LogP contribution is -1.47. The Bertz CT molecular complexity index is 8.36. The van der Waals surface area contributed by atoms with Crippen LogP contribution in [0.1, 0.15) is 0 Å². The molecular weight excluding hydrogens is 520 g/mol. The zero-order valence-corrected chi connectivity index (χ0v) is 10.9. The van der Waals surface area contributed by atoms with E-state index in [1.54, 1.807) is 0 Å². The third-order valence-electron chi connectivity index (χ3n) is 0. The standard InChI is InChI=1S/CHI3.HI/c2-1(3)4;/h1H;1H. The van der Waals surface area contributed by atoms with Gasteiger partial charge in [-0.15, -0.1) is 24.0 Å². The number of rotatable bonds is 0. The smallest absolute Gasteiger partial charge is 0.107 e. The molecule has 0 aliphatic heterocycles. The highest BCUT2D eigenvalue weighted by Crippen LogP contribution is 2.16. The van der Waals surface area contributed by atoms with Crippen molar-refractivity contribution in [2.75, 3.05) is 0 Å². The van der Waals surface area contributed by atoms with Crippen molar-refractivity contribution in [2.45, 2.75) is -0.0619 Å². The van der Waals surface area contributed by atoms with Gasteiger partial charge in [0.1, 0.15) is -0.0619 Å². The second kappa shape index (κ2) is 6.92. The highest BCUT2D eigenvalue weighted by molar-refractivity contribution is 14.3. The van der Waals surface area contributed by atoms with E-state index in [1.165, 1.54) is 0 Å². The molecule has 0 saturated carbocycles. The molecule has 0 aliphatic carbocycles. The fraction of sp³-hybridized carbons (Fsp3) is 1.00. The van der Waals surface area contributed by atoms with Crippen LogP contribution in [0.5, 0.6) is 0 Å². The fourth-order valence-electron chi connectivity index (χ4n) is 0. The van der Waals surface area contributed by atoms with Gasteiger partial charge in [-0.1, -0.05) is 67.8 Å². The van der Waals surface area contributed by atoms with Crippen molar-refractivity contribution in [3.05, 3.63) is 0 Å². The first-order valence-electron chi connectivity index (χ1n) is 0.655. The number of hydrogen-bond donors (Lipinski definition) is 0. The highest BCUT2D eigenvalue weighted by atomic mass is 127. The van der Waals surface area contributed by atoms with Crippen LogP contribution in [-0.2, 0) is 0 Å². The molecular formula is CH2I4. The minimum atomic E-state index is 0. The molecule has 0 amide bonds.